The molecule has 53 heavy (non-hydrogen) atoms. The van der Waals surface area contributed by atoms with Crippen LogP contribution in [0.5, 0.6) is 0 Å². The summed E-state index contributed by atoms with van der Waals surface area (Å²) < 4.78 is 34.1. The minimum atomic E-state index is -5.17. The fourth-order valence-corrected chi connectivity index (χ4v) is 7.30. The van der Waals surface area contributed by atoms with E-state index in [0.29, 0.717) is 11.1 Å². The van der Waals surface area contributed by atoms with Gasteiger partial charge in [-0.2, -0.15) is 0 Å². The summed E-state index contributed by atoms with van der Waals surface area (Å²) in [5.74, 6) is 0. The van der Waals surface area contributed by atoms with E-state index in [0.717, 1.165) is 0 Å². The topological polar surface area (TPSA) is 136 Å². The normalized spacial score (nSPS) is 12.0. The van der Waals surface area contributed by atoms with Gasteiger partial charge in [-0.25, -0.2) is 0 Å². The van der Waals surface area contributed by atoms with Crippen molar-refractivity contribution in [3.63, 3.8) is 0 Å². The number of hydrogen-bond donors (Lipinski definition) is 2. The molecule has 324 valence electrons. The molecule has 0 aromatic rings. The average Bonchev–Trinajstić information content (AvgIpc) is 3.13. The molecule has 0 radical (unpaired) electrons. The van der Waals surface area contributed by atoms with Gasteiger partial charge in [0, 0.05) is 23.2 Å². The Labute approximate surface area is 334 Å². The molecule has 0 heterocycles. The van der Waals surface area contributed by atoms with Gasteiger partial charge in [0.1, 0.15) is 0 Å². The summed E-state index contributed by atoms with van der Waals surface area (Å²) in [5.41, 5.74) is 9.57. The first-order valence-electron chi connectivity index (χ1n) is 23.7. The van der Waals surface area contributed by atoms with Crippen LogP contribution in [0.15, 0.2) is 0 Å². The van der Waals surface area contributed by atoms with Gasteiger partial charge < -0.3 is 20.6 Å². The average molecular weight is 777 g/mol. The van der Waals surface area contributed by atoms with E-state index >= 15 is 0 Å². The van der Waals surface area contributed by atoms with Crippen LogP contribution in [0.4, 0.5) is 0 Å². The summed E-state index contributed by atoms with van der Waals surface area (Å²) in [6.45, 7) is 13.8. The summed E-state index contributed by atoms with van der Waals surface area (Å²) in [5, 5.41) is 0. The van der Waals surface area contributed by atoms with Crippen LogP contribution < -0.4 is 11.5 Å². The first-order chi connectivity index (χ1) is 25.4. The second-order valence-corrected chi connectivity index (χ2v) is 17.7. The highest BCUT2D eigenvalue weighted by Gasteiger charge is 2.24. The molecule has 6 nitrogen and oxygen atoms in total. The standard InChI is InChI=1S/2C23H49N.H2O4S/c2*1-4-7-8-9-10-11-12-13-14-15-16-17-18-19-20-21-22-23(24,5-2)6-3;1-5(2,3)4/h2*4-22,24H2,1-3H3;(H2,1,2,3,4). The second kappa shape index (κ2) is 42.9. The predicted molar refractivity (Wildman–Crippen MR) is 231 cm³/mol. The molecule has 0 atom stereocenters. The quantitative estimate of drug-likeness (QED) is 0.0366. The number of hydrogen-bond acceptors (Lipinski definition) is 4. The Balaban J connectivity index is -0.000000835. The van der Waals surface area contributed by atoms with Gasteiger partial charge in [0.2, 0.25) is 0 Å². The molecule has 0 unspecified atom stereocenters. The minimum absolute atomic E-state index is 0.371. The zero-order valence-corrected chi connectivity index (χ0v) is 38.1. The van der Waals surface area contributed by atoms with Crippen molar-refractivity contribution < 1.29 is 29.0 Å². The van der Waals surface area contributed by atoms with Crippen molar-refractivity contribution >= 4 is 10.4 Å². The van der Waals surface area contributed by atoms with Gasteiger partial charge in [-0.3, -0.25) is 8.42 Å². The van der Waals surface area contributed by atoms with Crippen molar-refractivity contribution in [1.82, 2.24) is 0 Å². The highest BCUT2D eigenvalue weighted by Crippen LogP contribution is 2.21. The smallest absolute Gasteiger partial charge is 0.0940 e. The Morgan fingerprint density at radius 1 is 0.321 bits per heavy atom. The van der Waals surface area contributed by atoms with Gasteiger partial charge in [0.05, 0.1) is 11.1 Å². The maximum atomic E-state index is 8.52. The molecule has 0 aromatic heterocycles. The maximum absolute atomic E-state index is 8.52. The fourth-order valence-electron chi connectivity index (χ4n) is 7.30. The molecule has 6 N–H and O–H groups in total. The van der Waals surface area contributed by atoms with Crippen LogP contribution in [0.3, 0.4) is 0 Å². The lowest BCUT2D eigenvalue weighted by molar-refractivity contribution is -0.482. The molecular weight excluding hydrogens is 677 g/mol. The summed E-state index contributed by atoms with van der Waals surface area (Å²) in [7, 11) is -5.17. The van der Waals surface area contributed by atoms with Crippen LogP contribution in [0, 0.1) is 0 Å². The second-order valence-electron chi connectivity index (χ2n) is 16.9. The van der Waals surface area contributed by atoms with Crippen LogP contribution >= 0.6 is 0 Å². The van der Waals surface area contributed by atoms with E-state index in [2.05, 4.69) is 53.0 Å². The van der Waals surface area contributed by atoms with E-state index in [1.165, 1.54) is 244 Å². The highest BCUT2D eigenvalue weighted by atomic mass is 32.3. The van der Waals surface area contributed by atoms with Crippen molar-refractivity contribution in [2.24, 2.45) is 0 Å². The molecule has 0 bridgehead atoms. The Kier molecular flexibility index (Phi) is 46.3. The van der Waals surface area contributed by atoms with Crippen molar-refractivity contribution in [1.29, 1.82) is 0 Å². The third-order valence-corrected chi connectivity index (χ3v) is 12.1. The predicted octanol–water partition coefficient (Wildman–Crippen LogP) is 13.5. The van der Waals surface area contributed by atoms with E-state index in [9.17, 15) is 0 Å². The Morgan fingerprint density at radius 3 is 0.585 bits per heavy atom. The lowest BCUT2D eigenvalue weighted by Gasteiger charge is -2.22. The van der Waals surface area contributed by atoms with Crippen LogP contribution in [-0.4, -0.2) is 28.6 Å². The number of quaternary nitrogens is 2. The Morgan fingerprint density at radius 2 is 0.453 bits per heavy atom. The Hall–Kier alpha value is -0.210. The van der Waals surface area contributed by atoms with E-state index in [1.807, 2.05) is 0 Å². The van der Waals surface area contributed by atoms with Crippen molar-refractivity contribution in [2.45, 2.75) is 297 Å². The molecule has 0 saturated carbocycles. The van der Waals surface area contributed by atoms with Gasteiger partial charge in [-0.15, -0.1) is 0 Å². The van der Waals surface area contributed by atoms with Crippen LogP contribution in [0.2, 0.25) is 0 Å². The van der Waals surface area contributed by atoms with Gasteiger partial charge in [0.25, 0.3) is 0 Å². The molecule has 0 rings (SSSR count). The van der Waals surface area contributed by atoms with Crippen LogP contribution in [0.1, 0.15) is 286 Å². The first kappa shape index (κ1) is 57.1. The number of unbranched alkanes of at least 4 members (excludes halogenated alkanes) is 30. The summed E-state index contributed by atoms with van der Waals surface area (Å²) in [4.78, 5) is 0. The van der Waals surface area contributed by atoms with Gasteiger partial charge in [-0.1, -0.05) is 234 Å². The molecule has 0 spiro atoms. The molecule has 0 fully saturated rings. The lowest BCUT2D eigenvalue weighted by atomic mass is 9.88. The van der Waals surface area contributed by atoms with Crippen molar-refractivity contribution in [2.75, 3.05) is 0 Å². The molecule has 0 saturated heterocycles. The molecule has 0 amide bonds. The fraction of sp³-hybridized carbons (Fsp3) is 1.00. The Bertz CT molecular complexity index is 726. The van der Waals surface area contributed by atoms with Crippen molar-refractivity contribution in [3.05, 3.63) is 0 Å². The lowest BCUT2D eigenvalue weighted by Crippen LogP contribution is -2.72. The number of rotatable bonds is 38. The third kappa shape index (κ3) is 51.8. The monoisotopic (exact) mass is 777 g/mol. The molecule has 0 aliphatic carbocycles. The zero-order chi connectivity index (χ0) is 40.4. The summed E-state index contributed by atoms with van der Waals surface area (Å²) in [6.07, 6.45) is 54.2. The van der Waals surface area contributed by atoms with E-state index in [-0.39, 0.29) is 0 Å². The van der Waals surface area contributed by atoms with Crippen molar-refractivity contribution in [3.8, 4) is 0 Å². The van der Waals surface area contributed by atoms with E-state index in [4.69, 9.17) is 17.5 Å². The molecule has 7 heteroatoms. The van der Waals surface area contributed by atoms with Crippen LogP contribution in [-0.2, 0) is 10.4 Å². The molecule has 0 aliphatic heterocycles. The summed E-state index contributed by atoms with van der Waals surface area (Å²) >= 11 is 0. The SMILES string of the molecule is CCCCCCCCCCCCCCCCCCC([NH3+])(CC)CC.CCCCCCCCCCCCCCCCCCC([NH3+])(CC)CC.O=S(=O)([O-])[O-]. The van der Waals surface area contributed by atoms with Gasteiger partial charge in [-0.05, 0) is 38.5 Å². The third-order valence-electron chi connectivity index (χ3n) is 12.1. The van der Waals surface area contributed by atoms with Gasteiger partial charge >= 0.3 is 0 Å². The van der Waals surface area contributed by atoms with Crippen LogP contribution in [0.25, 0.3) is 0 Å². The van der Waals surface area contributed by atoms with E-state index < -0.39 is 10.4 Å². The largest absolute Gasteiger partial charge is 0.759 e. The maximum Gasteiger partial charge on any atom is 0.0940 e. The van der Waals surface area contributed by atoms with E-state index in [1.54, 1.807) is 0 Å². The molecule has 0 aromatic carbocycles. The van der Waals surface area contributed by atoms with Gasteiger partial charge in [0.15, 0.2) is 0 Å². The molecule has 0 aliphatic rings. The highest BCUT2D eigenvalue weighted by molar-refractivity contribution is 7.79. The summed E-state index contributed by atoms with van der Waals surface area (Å²) in [6, 6.07) is 0. The zero-order valence-electron chi connectivity index (χ0n) is 37.3. The first-order valence-corrected chi connectivity index (χ1v) is 25.1. The minimum Gasteiger partial charge on any atom is -0.759 e. The molecular formula is C46H100N2O4S.